The number of carbonyl (C=O) groups is 1. The second kappa shape index (κ2) is 19.6. The minimum Gasteiger partial charge on any atom is -0.459 e. The van der Waals surface area contributed by atoms with Crippen LogP contribution in [0, 0.1) is 23.7 Å². The van der Waals surface area contributed by atoms with Gasteiger partial charge in [0.1, 0.15) is 29.9 Å². The molecule has 1 amide bonds. The normalized spacial score (nSPS) is 24.6. The van der Waals surface area contributed by atoms with Crippen molar-refractivity contribution < 1.29 is 34.1 Å². The Bertz CT molecular complexity index is 2210. The van der Waals surface area contributed by atoms with Crippen molar-refractivity contribution in [2.75, 3.05) is 32.7 Å². The molecule has 9 nitrogen and oxygen atoms in total. The number of allylic oxidation sites excluding steroid dienone is 1. The molecule has 10 heteroatoms. The summed E-state index contributed by atoms with van der Waals surface area (Å²) in [6.45, 7) is 7.28. The average molecular weight is 845 g/mol. The molecule has 322 valence electrons. The van der Waals surface area contributed by atoms with Crippen molar-refractivity contribution in [2.45, 2.75) is 93.9 Å². The van der Waals surface area contributed by atoms with Gasteiger partial charge in [0.25, 0.3) is 0 Å². The molecule has 8 rings (SSSR count). The van der Waals surface area contributed by atoms with E-state index >= 15 is 0 Å². The fourth-order valence-corrected chi connectivity index (χ4v) is 10.6. The van der Waals surface area contributed by atoms with E-state index in [0.717, 1.165) is 82.4 Å². The number of nitrogens with zero attached hydrogens (tertiary/aromatic N) is 2. The number of benzene rings is 4. The van der Waals surface area contributed by atoms with Crippen LogP contribution in [-0.2, 0) is 20.9 Å². The first-order valence-corrected chi connectivity index (χ1v) is 23.4. The SMILES string of the molecule is C=CCOC12Oc3ccc(Oc4ccc(SC)cc4)cc3C3C(CCCCO)C(CCCCO)C=C(C(=NOCC)CC1N(Cc1cccc4ccccc14)C(=O)C1CC1)C32. The largest absolute Gasteiger partial charge is 0.459 e. The van der Waals surface area contributed by atoms with Gasteiger partial charge >= 0.3 is 0 Å². The highest BCUT2D eigenvalue weighted by molar-refractivity contribution is 7.98. The second-order valence-corrected chi connectivity index (χ2v) is 17.7. The van der Waals surface area contributed by atoms with E-state index in [-0.39, 0.29) is 55.3 Å². The van der Waals surface area contributed by atoms with Gasteiger partial charge in [-0.1, -0.05) is 72.6 Å². The molecule has 0 saturated heterocycles. The average Bonchev–Trinajstić information content (AvgIpc) is 4.14. The van der Waals surface area contributed by atoms with E-state index in [0.29, 0.717) is 43.9 Å². The maximum Gasteiger partial charge on any atom is 0.239 e. The van der Waals surface area contributed by atoms with Gasteiger partial charge in [-0.25, -0.2) is 0 Å². The number of thioether (sulfide) groups is 1. The van der Waals surface area contributed by atoms with Gasteiger partial charge in [-0.15, -0.1) is 18.3 Å². The molecule has 1 heterocycles. The lowest BCUT2D eigenvalue weighted by atomic mass is 9.55. The number of hydrogen-bond donors (Lipinski definition) is 2. The Hall–Kier alpha value is -4.61. The van der Waals surface area contributed by atoms with Crippen molar-refractivity contribution in [3.8, 4) is 17.2 Å². The molecule has 0 radical (unpaired) electrons. The lowest BCUT2D eigenvalue weighted by Gasteiger charge is -2.60. The Morgan fingerprint density at radius 2 is 1.72 bits per heavy atom. The van der Waals surface area contributed by atoms with Gasteiger partial charge in [-0.05, 0) is 128 Å². The zero-order valence-corrected chi connectivity index (χ0v) is 36.4. The van der Waals surface area contributed by atoms with Crippen molar-refractivity contribution in [1.29, 1.82) is 0 Å². The summed E-state index contributed by atoms with van der Waals surface area (Å²) in [5.41, 5.74) is 3.92. The standard InChI is InChI=1S/C51H60N2O7S/c1-4-29-57-51-47(53(50(56)35-19-20-35)33-37-16-12-15-34-13-6-7-17-41(34)37)32-45(52-58-5-2)43-30-36(14-8-10-27-54)42(18-9-11-28-55)48(49(43)51)44-31-39(23-26-46(44)60-51)59-38-21-24-40(61-3)25-22-38/h4,6-7,12-13,15-17,21-26,30-31,35-36,42,47-49,54-55H,1,5,8-11,14,18-20,27-29,32-33H2,2-3H3. The first-order valence-electron chi connectivity index (χ1n) is 22.2. The molecule has 3 aliphatic carbocycles. The highest BCUT2D eigenvalue weighted by Crippen LogP contribution is 2.62. The van der Waals surface area contributed by atoms with Gasteiger partial charge in [-0.2, -0.15) is 0 Å². The Balaban J connectivity index is 1.33. The minimum atomic E-state index is -1.32. The number of amides is 1. The smallest absolute Gasteiger partial charge is 0.239 e. The number of fused-ring (bicyclic) bond motifs is 3. The molecule has 0 aromatic heterocycles. The Kier molecular flexibility index (Phi) is 13.8. The molecule has 4 aromatic rings. The summed E-state index contributed by atoms with van der Waals surface area (Å²) in [5, 5.41) is 27.0. The fraction of sp³-hybridized carbons (Fsp3) is 0.451. The predicted molar refractivity (Wildman–Crippen MR) is 242 cm³/mol. The van der Waals surface area contributed by atoms with Gasteiger partial charge < -0.3 is 34.2 Å². The molecule has 1 aliphatic heterocycles. The Labute approximate surface area is 364 Å². The lowest BCUT2D eigenvalue weighted by Crippen LogP contribution is -2.70. The number of aliphatic hydroxyl groups is 2. The first-order chi connectivity index (χ1) is 29.9. The van der Waals surface area contributed by atoms with Gasteiger partial charge in [-0.3, -0.25) is 4.79 Å². The monoisotopic (exact) mass is 844 g/mol. The van der Waals surface area contributed by atoms with Crippen molar-refractivity contribution in [1.82, 2.24) is 4.90 Å². The summed E-state index contributed by atoms with van der Waals surface area (Å²) in [7, 11) is 0. The molecular weight excluding hydrogens is 785 g/mol. The molecule has 6 atom stereocenters. The first kappa shape index (κ1) is 43.1. The van der Waals surface area contributed by atoms with Crippen molar-refractivity contribution in [3.05, 3.63) is 120 Å². The summed E-state index contributed by atoms with van der Waals surface area (Å²) in [6.07, 6.45) is 13.1. The summed E-state index contributed by atoms with van der Waals surface area (Å²) in [6, 6.07) is 28.3. The second-order valence-electron chi connectivity index (χ2n) is 16.8. The predicted octanol–water partition coefficient (Wildman–Crippen LogP) is 10.4. The number of carbonyl (C=O) groups excluding carboxylic acids is 1. The summed E-state index contributed by atoms with van der Waals surface area (Å²) in [4.78, 5) is 24.2. The Morgan fingerprint density at radius 3 is 2.46 bits per heavy atom. The van der Waals surface area contributed by atoms with E-state index < -0.39 is 11.8 Å². The molecule has 6 unspecified atom stereocenters. The molecule has 2 N–H and O–H groups in total. The third kappa shape index (κ3) is 9.01. The van der Waals surface area contributed by atoms with E-state index in [1.165, 1.54) is 0 Å². The van der Waals surface area contributed by atoms with Crippen LogP contribution in [0.2, 0.25) is 0 Å². The van der Waals surface area contributed by atoms with Crippen LogP contribution < -0.4 is 9.47 Å². The molecule has 4 aromatic carbocycles. The highest BCUT2D eigenvalue weighted by Gasteiger charge is 2.66. The molecular formula is C51H60N2O7S. The number of oxime groups is 1. The number of rotatable bonds is 20. The lowest BCUT2D eigenvalue weighted by molar-refractivity contribution is -0.258. The fourth-order valence-electron chi connectivity index (χ4n) is 10.2. The maximum atomic E-state index is 15.0. The zero-order chi connectivity index (χ0) is 42.3. The summed E-state index contributed by atoms with van der Waals surface area (Å²) >= 11 is 1.69. The van der Waals surface area contributed by atoms with Crippen LogP contribution in [0.4, 0.5) is 0 Å². The molecule has 0 spiro atoms. The molecule has 2 fully saturated rings. The van der Waals surface area contributed by atoms with Crippen LogP contribution in [-0.4, -0.2) is 71.2 Å². The van der Waals surface area contributed by atoms with Crippen LogP contribution in [0.1, 0.15) is 81.8 Å². The molecule has 2 saturated carbocycles. The van der Waals surface area contributed by atoms with Crippen LogP contribution in [0.5, 0.6) is 17.2 Å². The van der Waals surface area contributed by atoms with Gasteiger partial charge in [0.15, 0.2) is 0 Å². The number of aliphatic hydroxyl groups excluding tert-OH is 2. The third-order valence-corrected chi connectivity index (χ3v) is 13.8. The quantitative estimate of drug-likeness (QED) is 0.0392. The number of hydrogen-bond acceptors (Lipinski definition) is 9. The van der Waals surface area contributed by atoms with Crippen LogP contribution in [0.25, 0.3) is 10.8 Å². The van der Waals surface area contributed by atoms with E-state index in [1.807, 2.05) is 42.2 Å². The highest BCUT2D eigenvalue weighted by atomic mass is 32.2. The van der Waals surface area contributed by atoms with Crippen molar-refractivity contribution in [2.24, 2.45) is 28.8 Å². The minimum absolute atomic E-state index is 0.0690. The van der Waals surface area contributed by atoms with Gasteiger partial charge in [0.2, 0.25) is 11.7 Å². The Morgan fingerprint density at radius 1 is 0.967 bits per heavy atom. The van der Waals surface area contributed by atoms with Gasteiger partial charge in [0.05, 0.1) is 18.2 Å². The molecule has 61 heavy (non-hydrogen) atoms. The molecule has 4 aliphatic rings. The van der Waals surface area contributed by atoms with E-state index in [4.69, 9.17) is 24.2 Å². The van der Waals surface area contributed by atoms with Crippen molar-refractivity contribution >= 4 is 34.2 Å². The topological polar surface area (TPSA) is 110 Å². The van der Waals surface area contributed by atoms with E-state index in [9.17, 15) is 15.0 Å². The number of unbranched alkanes of at least 4 members (excludes halogenated alkanes) is 2. The van der Waals surface area contributed by atoms with Crippen LogP contribution >= 0.6 is 11.8 Å². The van der Waals surface area contributed by atoms with Crippen LogP contribution in [0.15, 0.2) is 119 Å². The summed E-state index contributed by atoms with van der Waals surface area (Å²) < 4.78 is 21.3. The summed E-state index contributed by atoms with van der Waals surface area (Å²) in [5.74, 6) is 0.592. The third-order valence-electron chi connectivity index (χ3n) is 13.1. The van der Waals surface area contributed by atoms with E-state index in [2.05, 4.69) is 73.5 Å². The maximum absolute atomic E-state index is 15.0. The van der Waals surface area contributed by atoms with Crippen molar-refractivity contribution in [3.63, 3.8) is 0 Å². The number of ether oxygens (including phenoxy) is 3. The molecule has 0 bridgehead atoms. The zero-order valence-electron chi connectivity index (χ0n) is 35.5. The van der Waals surface area contributed by atoms with Gasteiger partial charge in [0, 0.05) is 48.5 Å². The van der Waals surface area contributed by atoms with E-state index in [1.54, 1.807) is 17.8 Å². The van der Waals surface area contributed by atoms with Crippen LogP contribution in [0.3, 0.4) is 0 Å².